The van der Waals surface area contributed by atoms with Gasteiger partial charge in [0.2, 0.25) is 0 Å². The second kappa shape index (κ2) is 9.27. The Morgan fingerprint density at radius 2 is 1.50 bits per heavy atom. The van der Waals surface area contributed by atoms with Crippen molar-refractivity contribution in [3.8, 4) is 5.75 Å². The summed E-state index contributed by atoms with van der Waals surface area (Å²) in [6, 6.07) is 24.5. The minimum Gasteiger partial charge on any atom is -0.486 e. The van der Waals surface area contributed by atoms with E-state index in [4.69, 9.17) is 32.8 Å². The highest BCUT2D eigenvalue weighted by Gasteiger charge is 2.08. The number of hydrogen-bond donors (Lipinski definition) is 0. The summed E-state index contributed by atoms with van der Waals surface area (Å²) < 4.78 is 5.81. The van der Waals surface area contributed by atoms with E-state index < -0.39 is 0 Å². The molecule has 0 saturated carbocycles. The fraction of sp³-hybridized carbons (Fsp3) is 0.0952. The minimum absolute atomic E-state index is 0.222. The van der Waals surface area contributed by atoms with E-state index in [1.807, 2.05) is 60.7 Å². The first kappa shape index (κ1) is 18.3. The van der Waals surface area contributed by atoms with Crippen molar-refractivity contribution >= 4 is 28.9 Å². The fourth-order valence-electron chi connectivity index (χ4n) is 2.27. The molecule has 3 aromatic carbocycles. The van der Waals surface area contributed by atoms with Crippen molar-refractivity contribution in [2.45, 2.75) is 6.61 Å². The molecule has 0 aliphatic heterocycles. The molecule has 0 spiro atoms. The van der Waals surface area contributed by atoms with Crippen LogP contribution in [0.15, 0.2) is 84.0 Å². The third-order valence-electron chi connectivity index (χ3n) is 3.63. The molecule has 0 saturated heterocycles. The lowest BCUT2D eigenvalue weighted by atomic mass is 10.1. The zero-order chi connectivity index (χ0) is 18.2. The van der Waals surface area contributed by atoms with E-state index in [0.717, 1.165) is 11.1 Å². The Morgan fingerprint density at radius 1 is 0.808 bits per heavy atom. The zero-order valence-corrected chi connectivity index (χ0v) is 15.5. The predicted molar refractivity (Wildman–Crippen MR) is 106 cm³/mol. The van der Waals surface area contributed by atoms with Gasteiger partial charge in [-0.25, -0.2) is 0 Å². The molecule has 3 nitrogen and oxygen atoms in total. The first-order valence-electron chi connectivity index (χ1n) is 8.08. The number of halogens is 2. The molecule has 0 atom stereocenters. The molecule has 132 valence electrons. The number of hydrogen-bond acceptors (Lipinski definition) is 3. The molecular weight excluding hydrogens is 369 g/mol. The minimum atomic E-state index is 0.222. The summed E-state index contributed by atoms with van der Waals surface area (Å²) in [6.45, 7) is 0.601. The normalized spacial score (nSPS) is 11.2. The maximum atomic E-state index is 6.15. The van der Waals surface area contributed by atoms with Gasteiger partial charge in [0.25, 0.3) is 0 Å². The van der Waals surface area contributed by atoms with Crippen LogP contribution in [0.2, 0.25) is 10.0 Å². The Balaban J connectivity index is 1.74. The Morgan fingerprint density at radius 3 is 2.23 bits per heavy atom. The third-order valence-corrected chi connectivity index (χ3v) is 4.19. The van der Waals surface area contributed by atoms with Gasteiger partial charge in [-0.3, -0.25) is 0 Å². The van der Waals surface area contributed by atoms with Gasteiger partial charge in [-0.1, -0.05) is 83.0 Å². The molecule has 0 aliphatic carbocycles. The van der Waals surface area contributed by atoms with Crippen LogP contribution in [0.3, 0.4) is 0 Å². The molecule has 0 unspecified atom stereocenters. The average Bonchev–Trinajstić information content (AvgIpc) is 2.67. The van der Waals surface area contributed by atoms with Crippen LogP contribution in [0.5, 0.6) is 5.75 Å². The van der Waals surface area contributed by atoms with E-state index in [0.29, 0.717) is 28.1 Å². The van der Waals surface area contributed by atoms with Crippen LogP contribution >= 0.6 is 23.2 Å². The maximum Gasteiger partial charge on any atom is 0.142 e. The number of para-hydroxylation sites is 1. The molecule has 0 heterocycles. The standard InChI is InChI=1S/C21H17Cl2NO2/c22-18-12-10-17(11-13-18)20(15-25-21-9-5-4-8-19(21)23)24-26-14-16-6-2-1-3-7-16/h1-13H,14-15H2. The van der Waals surface area contributed by atoms with Gasteiger partial charge in [-0.15, -0.1) is 0 Å². The van der Waals surface area contributed by atoms with Gasteiger partial charge in [0.05, 0.1) is 5.02 Å². The van der Waals surface area contributed by atoms with Crippen LogP contribution in [0, 0.1) is 0 Å². The molecule has 0 fully saturated rings. The van der Waals surface area contributed by atoms with Crippen LogP contribution in [0.1, 0.15) is 11.1 Å². The molecule has 0 N–H and O–H groups in total. The van der Waals surface area contributed by atoms with E-state index in [1.165, 1.54) is 0 Å². The highest BCUT2D eigenvalue weighted by Crippen LogP contribution is 2.23. The predicted octanol–water partition coefficient (Wildman–Crippen LogP) is 5.99. The molecule has 3 aromatic rings. The van der Waals surface area contributed by atoms with Crippen molar-refractivity contribution in [1.82, 2.24) is 0 Å². The summed E-state index contributed by atoms with van der Waals surface area (Å²) in [5.41, 5.74) is 2.56. The summed E-state index contributed by atoms with van der Waals surface area (Å²) in [5, 5.41) is 5.48. The topological polar surface area (TPSA) is 30.8 Å². The molecule has 5 heteroatoms. The van der Waals surface area contributed by atoms with Crippen molar-refractivity contribution in [3.63, 3.8) is 0 Å². The largest absolute Gasteiger partial charge is 0.486 e. The van der Waals surface area contributed by atoms with Gasteiger partial charge in [-0.2, -0.15) is 0 Å². The first-order valence-corrected chi connectivity index (χ1v) is 8.84. The number of rotatable bonds is 7. The quantitative estimate of drug-likeness (QED) is 0.369. The lowest BCUT2D eigenvalue weighted by molar-refractivity contribution is 0.129. The SMILES string of the molecule is Clc1ccc(C(COc2ccccc2Cl)=NOCc2ccccc2)cc1. The van der Waals surface area contributed by atoms with Crippen molar-refractivity contribution in [2.24, 2.45) is 5.16 Å². The molecular formula is C21H17Cl2NO2. The number of oxime groups is 1. The summed E-state index contributed by atoms with van der Waals surface area (Å²) in [6.07, 6.45) is 0. The molecule has 0 amide bonds. The van der Waals surface area contributed by atoms with Crippen molar-refractivity contribution in [3.05, 3.63) is 100 Å². The van der Waals surface area contributed by atoms with Gasteiger partial charge in [0.1, 0.15) is 24.7 Å². The van der Waals surface area contributed by atoms with Gasteiger partial charge in [-0.05, 0) is 29.8 Å². The van der Waals surface area contributed by atoms with Crippen LogP contribution in [0.25, 0.3) is 0 Å². The Bertz CT molecular complexity index is 865. The third kappa shape index (κ3) is 5.25. The van der Waals surface area contributed by atoms with Gasteiger partial charge >= 0.3 is 0 Å². The van der Waals surface area contributed by atoms with Crippen LogP contribution in [-0.2, 0) is 11.4 Å². The number of benzene rings is 3. The van der Waals surface area contributed by atoms with Crippen molar-refractivity contribution in [2.75, 3.05) is 6.61 Å². The van der Waals surface area contributed by atoms with E-state index in [-0.39, 0.29) is 6.61 Å². The van der Waals surface area contributed by atoms with Crippen molar-refractivity contribution < 1.29 is 9.57 Å². The lowest BCUT2D eigenvalue weighted by Gasteiger charge is -2.11. The van der Waals surface area contributed by atoms with E-state index >= 15 is 0 Å². The summed E-state index contributed by atoms with van der Waals surface area (Å²) in [4.78, 5) is 5.53. The fourth-order valence-corrected chi connectivity index (χ4v) is 2.59. The zero-order valence-electron chi connectivity index (χ0n) is 13.9. The molecule has 0 aliphatic rings. The highest BCUT2D eigenvalue weighted by atomic mass is 35.5. The Labute approximate surface area is 162 Å². The highest BCUT2D eigenvalue weighted by molar-refractivity contribution is 6.32. The van der Waals surface area contributed by atoms with E-state index in [2.05, 4.69) is 5.16 Å². The van der Waals surface area contributed by atoms with Crippen LogP contribution < -0.4 is 4.74 Å². The monoisotopic (exact) mass is 385 g/mol. The Kier molecular flexibility index (Phi) is 6.53. The van der Waals surface area contributed by atoms with Gasteiger partial charge in [0, 0.05) is 10.6 Å². The van der Waals surface area contributed by atoms with Crippen LogP contribution in [0.4, 0.5) is 0 Å². The molecule has 0 bridgehead atoms. The average molecular weight is 386 g/mol. The molecule has 0 aromatic heterocycles. The van der Waals surface area contributed by atoms with Gasteiger partial charge in [0.15, 0.2) is 0 Å². The van der Waals surface area contributed by atoms with Crippen molar-refractivity contribution in [1.29, 1.82) is 0 Å². The molecule has 0 radical (unpaired) electrons. The summed E-state index contributed by atoms with van der Waals surface area (Å²) in [5.74, 6) is 0.596. The number of nitrogens with zero attached hydrogens (tertiary/aromatic N) is 1. The van der Waals surface area contributed by atoms with E-state index in [9.17, 15) is 0 Å². The molecule has 3 rings (SSSR count). The van der Waals surface area contributed by atoms with Crippen LogP contribution in [-0.4, -0.2) is 12.3 Å². The second-order valence-corrected chi connectivity index (χ2v) is 6.37. The van der Waals surface area contributed by atoms with E-state index in [1.54, 1.807) is 18.2 Å². The Hall–Kier alpha value is -2.49. The first-order chi connectivity index (χ1) is 12.7. The lowest BCUT2D eigenvalue weighted by Crippen LogP contribution is -2.14. The smallest absolute Gasteiger partial charge is 0.142 e. The molecule has 26 heavy (non-hydrogen) atoms. The maximum absolute atomic E-state index is 6.15. The summed E-state index contributed by atoms with van der Waals surface area (Å²) in [7, 11) is 0. The number of ether oxygens (including phenoxy) is 1. The summed E-state index contributed by atoms with van der Waals surface area (Å²) >= 11 is 12.1. The van der Waals surface area contributed by atoms with Gasteiger partial charge < -0.3 is 9.57 Å². The second-order valence-electron chi connectivity index (χ2n) is 5.52.